The van der Waals surface area contributed by atoms with Crippen LogP contribution >= 0.6 is 11.6 Å². The Kier molecular flexibility index (Phi) is 5.61. The predicted molar refractivity (Wildman–Crippen MR) is 110 cm³/mol. The molecule has 0 bridgehead atoms. The van der Waals surface area contributed by atoms with Gasteiger partial charge in [-0.05, 0) is 37.1 Å². The molecule has 1 aliphatic rings. The van der Waals surface area contributed by atoms with E-state index in [1.54, 1.807) is 16.8 Å². The van der Waals surface area contributed by atoms with E-state index in [-0.39, 0.29) is 25.9 Å². The average molecular weight is 436 g/mol. The minimum Gasteiger partial charge on any atom is -0.380 e. The van der Waals surface area contributed by atoms with Crippen LogP contribution in [0.2, 0.25) is 5.02 Å². The highest BCUT2D eigenvalue weighted by Crippen LogP contribution is 2.39. The third kappa shape index (κ3) is 4.24. The normalized spacial score (nSPS) is 17.2. The molecule has 2 heterocycles. The van der Waals surface area contributed by atoms with E-state index in [1.165, 1.54) is 0 Å². The molecule has 0 spiro atoms. The van der Waals surface area contributed by atoms with Gasteiger partial charge in [0.1, 0.15) is 0 Å². The summed E-state index contributed by atoms with van der Waals surface area (Å²) in [7, 11) is 0. The first-order chi connectivity index (χ1) is 14.2. The highest BCUT2D eigenvalue weighted by atomic mass is 35.5. The number of para-hydroxylation sites is 1. The monoisotopic (exact) mass is 435 g/mol. The predicted octanol–water partition coefficient (Wildman–Crippen LogP) is 5.08. The molecule has 4 rings (SSSR count). The fraction of sp³-hybridized carbons (Fsp3) is 0.318. The van der Waals surface area contributed by atoms with E-state index in [1.807, 2.05) is 53.6 Å². The maximum absolute atomic E-state index is 13.1. The average Bonchev–Trinajstić information content (AvgIpc) is 3.14. The molecule has 1 aromatic heterocycles. The van der Waals surface area contributed by atoms with Crippen LogP contribution in [0.5, 0.6) is 0 Å². The van der Waals surface area contributed by atoms with Gasteiger partial charge in [0.2, 0.25) is 0 Å². The first kappa shape index (κ1) is 20.9. The molecule has 30 heavy (non-hydrogen) atoms. The van der Waals surface area contributed by atoms with Crippen LogP contribution in [0.25, 0.3) is 16.9 Å². The second-order valence-electron chi connectivity index (χ2n) is 7.60. The minimum atomic E-state index is -4.61. The van der Waals surface area contributed by atoms with Crippen molar-refractivity contribution in [2.24, 2.45) is 0 Å². The molecule has 0 atom stereocenters. The Morgan fingerprint density at radius 2 is 1.63 bits per heavy atom. The Hall–Kier alpha value is -2.35. The highest BCUT2D eigenvalue weighted by Gasteiger charge is 2.54. The summed E-state index contributed by atoms with van der Waals surface area (Å²) >= 11 is 6.01. The van der Waals surface area contributed by atoms with Crippen LogP contribution in [0.1, 0.15) is 18.4 Å². The molecule has 1 N–H and O–H groups in total. The van der Waals surface area contributed by atoms with Crippen LogP contribution in [-0.4, -0.2) is 44.7 Å². The van der Waals surface area contributed by atoms with Crippen LogP contribution in [0, 0.1) is 0 Å². The van der Waals surface area contributed by atoms with Crippen LogP contribution in [0.15, 0.2) is 60.8 Å². The van der Waals surface area contributed by atoms with E-state index < -0.39 is 11.8 Å². The highest BCUT2D eigenvalue weighted by molar-refractivity contribution is 6.30. The summed E-state index contributed by atoms with van der Waals surface area (Å²) in [5.74, 6) is 0. The number of rotatable bonds is 4. The fourth-order valence-electron chi connectivity index (χ4n) is 3.69. The Balaban J connectivity index is 1.61. The van der Waals surface area contributed by atoms with Crippen molar-refractivity contribution in [1.82, 2.24) is 14.7 Å². The van der Waals surface area contributed by atoms with Gasteiger partial charge < -0.3 is 5.11 Å². The number of alkyl halides is 3. The number of benzene rings is 2. The summed E-state index contributed by atoms with van der Waals surface area (Å²) in [5, 5.41) is 15.3. The maximum atomic E-state index is 13.1. The number of nitrogens with zero attached hydrogens (tertiary/aromatic N) is 3. The summed E-state index contributed by atoms with van der Waals surface area (Å²) in [5.41, 5.74) is 0.833. The van der Waals surface area contributed by atoms with Crippen molar-refractivity contribution in [3.63, 3.8) is 0 Å². The molecule has 1 saturated heterocycles. The molecule has 1 fully saturated rings. The van der Waals surface area contributed by atoms with Crippen LogP contribution in [0.4, 0.5) is 13.2 Å². The van der Waals surface area contributed by atoms with E-state index in [0.29, 0.717) is 11.6 Å². The summed E-state index contributed by atoms with van der Waals surface area (Å²) in [6.45, 7) is 0.762. The minimum absolute atomic E-state index is 0.159. The largest absolute Gasteiger partial charge is 0.417 e. The van der Waals surface area contributed by atoms with Gasteiger partial charge in [0.25, 0.3) is 0 Å². The van der Waals surface area contributed by atoms with Gasteiger partial charge in [0.05, 0.1) is 11.4 Å². The van der Waals surface area contributed by atoms with E-state index >= 15 is 0 Å². The van der Waals surface area contributed by atoms with Gasteiger partial charge in [-0.1, -0.05) is 41.9 Å². The quantitative estimate of drug-likeness (QED) is 0.621. The number of halogens is 4. The molecule has 0 amide bonds. The van der Waals surface area contributed by atoms with Crippen molar-refractivity contribution in [1.29, 1.82) is 0 Å². The maximum Gasteiger partial charge on any atom is 0.417 e. The SMILES string of the molecule is OC1(C(F)(F)F)CCN(Cc2cn(-c3ccccc3)nc2-c2ccc(Cl)cc2)CC1. The second-order valence-corrected chi connectivity index (χ2v) is 8.03. The Morgan fingerprint density at radius 1 is 1.00 bits per heavy atom. The van der Waals surface area contributed by atoms with Gasteiger partial charge in [-0.25, -0.2) is 4.68 Å². The molecule has 4 nitrogen and oxygen atoms in total. The molecule has 8 heteroatoms. The van der Waals surface area contributed by atoms with Crippen LogP contribution < -0.4 is 0 Å². The zero-order chi connectivity index (χ0) is 21.4. The van der Waals surface area contributed by atoms with Gasteiger partial charge in [-0.15, -0.1) is 0 Å². The van der Waals surface area contributed by atoms with Crippen molar-refractivity contribution in [2.45, 2.75) is 31.2 Å². The van der Waals surface area contributed by atoms with Gasteiger partial charge >= 0.3 is 6.18 Å². The lowest BCUT2D eigenvalue weighted by molar-refractivity contribution is -0.272. The van der Waals surface area contributed by atoms with Gasteiger partial charge in [-0.3, -0.25) is 4.90 Å². The van der Waals surface area contributed by atoms with Crippen molar-refractivity contribution in [2.75, 3.05) is 13.1 Å². The molecular formula is C22H21ClF3N3O. The number of piperidine rings is 1. The molecule has 0 saturated carbocycles. The molecule has 158 valence electrons. The van der Waals surface area contributed by atoms with E-state index in [0.717, 1.165) is 22.5 Å². The molecule has 3 aromatic rings. The van der Waals surface area contributed by atoms with Gasteiger partial charge in [0, 0.05) is 42.0 Å². The third-order valence-corrected chi connectivity index (χ3v) is 5.79. The number of hydrogen-bond donors (Lipinski definition) is 1. The van der Waals surface area contributed by atoms with E-state index in [4.69, 9.17) is 16.7 Å². The van der Waals surface area contributed by atoms with Crippen LogP contribution in [0.3, 0.4) is 0 Å². The van der Waals surface area contributed by atoms with Gasteiger partial charge in [0.15, 0.2) is 5.60 Å². The molecule has 1 aliphatic heterocycles. The lowest BCUT2D eigenvalue weighted by Gasteiger charge is -2.39. The molecule has 2 aromatic carbocycles. The van der Waals surface area contributed by atoms with Crippen molar-refractivity contribution < 1.29 is 18.3 Å². The summed E-state index contributed by atoms with van der Waals surface area (Å²) < 4.78 is 41.1. The number of aliphatic hydroxyl groups is 1. The topological polar surface area (TPSA) is 41.3 Å². The summed E-state index contributed by atoms with van der Waals surface area (Å²) in [4.78, 5) is 1.92. The number of aromatic nitrogens is 2. The van der Waals surface area contributed by atoms with E-state index in [9.17, 15) is 18.3 Å². The smallest absolute Gasteiger partial charge is 0.380 e. The van der Waals surface area contributed by atoms with Crippen molar-refractivity contribution in [3.05, 3.63) is 71.4 Å². The first-order valence-electron chi connectivity index (χ1n) is 9.67. The Labute approximate surface area is 177 Å². The number of hydrogen-bond acceptors (Lipinski definition) is 3. The summed E-state index contributed by atoms with van der Waals surface area (Å²) in [6, 6.07) is 17.0. The first-order valence-corrected chi connectivity index (χ1v) is 10.0. The van der Waals surface area contributed by atoms with Crippen molar-refractivity contribution in [3.8, 4) is 16.9 Å². The molecule has 0 unspecified atom stereocenters. The lowest BCUT2D eigenvalue weighted by Crippen LogP contribution is -2.53. The Morgan fingerprint density at radius 3 is 2.23 bits per heavy atom. The fourth-order valence-corrected chi connectivity index (χ4v) is 3.82. The third-order valence-electron chi connectivity index (χ3n) is 5.53. The molecule has 0 radical (unpaired) electrons. The molecular weight excluding hydrogens is 415 g/mol. The standard InChI is InChI=1S/C22H21ClF3N3O/c23-18-8-6-16(7-9-18)20-17(15-29(27-20)19-4-2-1-3-5-19)14-28-12-10-21(30,11-13-28)22(24,25)26/h1-9,15,30H,10-14H2. The van der Waals surface area contributed by atoms with Crippen LogP contribution in [-0.2, 0) is 6.54 Å². The molecule has 0 aliphatic carbocycles. The summed E-state index contributed by atoms with van der Waals surface area (Å²) in [6.07, 6.45) is -3.37. The van der Waals surface area contributed by atoms with Gasteiger partial charge in [-0.2, -0.15) is 18.3 Å². The lowest BCUT2D eigenvalue weighted by atomic mass is 9.90. The van der Waals surface area contributed by atoms with E-state index in [2.05, 4.69) is 0 Å². The second kappa shape index (κ2) is 8.06. The zero-order valence-corrected chi connectivity index (χ0v) is 16.9. The zero-order valence-electron chi connectivity index (χ0n) is 16.1. The Bertz CT molecular complexity index is 995. The van der Waals surface area contributed by atoms with Crippen molar-refractivity contribution >= 4 is 11.6 Å². The number of likely N-dealkylation sites (tertiary alicyclic amines) is 1.